The molecule has 110 valence electrons. The van der Waals surface area contributed by atoms with E-state index in [-0.39, 0.29) is 18.2 Å². The highest BCUT2D eigenvalue weighted by Crippen LogP contribution is 2.32. The summed E-state index contributed by atoms with van der Waals surface area (Å²) in [6.45, 7) is 0.683. The van der Waals surface area contributed by atoms with Gasteiger partial charge in [0, 0.05) is 26.1 Å². The van der Waals surface area contributed by atoms with Gasteiger partial charge in [0.15, 0.2) is 0 Å². The molecule has 2 rings (SSSR count). The Morgan fingerprint density at radius 1 is 1.60 bits per heavy atom. The molecule has 1 fully saturated rings. The maximum atomic E-state index is 11.1. The minimum Gasteiger partial charge on any atom is -0.481 e. The Labute approximate surface area is 116 Å². The van der Waals surface area contributed by atoms with E-state index in [1.165, 1.54) is 10.9 Å². The number of nitrogens with zero attached hydrogens (tertiary/aromatic N) is 4. The van der Waals surface area contributed by atoms with Crippen LogP contribution in [-0.4, -0.2) is 38.4 Å². The minimum absolute atomic E-state index is 0.00782. The lowest BCUT2D eigenvalue weighted by atomic mass is 9.98. The van der Waals surface area contributed by atoms with Gasteiger partial charge in [-0.2, -0.15) is 0 Å². The number of hydrogen-bond acceptors (Lipinski definition) is 5. The van der Waals surface area contributed by atoms with Crippen molar-refractivity contribution in [3.63, 3.8) is 0 Å². The zero-order valence-corrected chi connectivity index (χ0v) is 11.4. The summed E-state index contributed by atoms with van der Waals surface area (Å²) in [4.78, 5) is 23.3. The zero-order valence-electron chi connectivity index (χ0n) is 11.4. The Kier molecular flexibility index (Phi) is 4.21. The Morgan fingerprint density at radius 2 is 2.35 bits per heavy atom. The number of piperidine rings is 1. The van der Waals surface area contributed by atoms with Gasteiger partial charge < -0.3 is 10.0 Å². The van der Waals surface area contributed by atoms with Gasteiger partial charge in [-0.3, -0.25) is 19.6 Å². The number of hydrogen-bond donors (Lipinski definition) is 1. The summed E-state index contributed by atoms with van der Waals surface area (Å²) in [6, 6.07) is 0.00782. The number of nitro groups is 1. The third-order valence-corrected chi connectivity index (χ3v) is 3.58. The number of carbonyl (C=O) groups is 1. The average molecular weight is 282 g/mol. The number of aliphatic carboxylic acids is 1. The van der Waals surface area contributed by atoms with E-state index in [0.29, 0.717) is 18.8 Å². The highest BCUT2D eigenvalue weighted by atomic mass is 16.6. The molecule has 1 aliphatic rings. The summed E-state index contributed by atoms with van der Waals surface area (Å²) in [7, 11) is 1.65. The molecule has 20 heavy (non-hydrogen) atoms. The molecule has 0 radical (unpaired) electrons. The van der Waals surface area contributed by atoms with Crippen LogP contribution in [0.1, 0.15) is 32.1 Å². The van der Waals surface area contributed by atoms with Crippen molar-refractivity contribution in [3.05, 3.63) is 16.3 Å². The molecular formula is C12H18N4O4. The second-order valence-corrected chi connectivity index (χ2v) is 5.04. The maximum Gasteiger partial charge on any atom is 0.330 e. The lowest BCUT2D eigenvalue weighted by Crippen LogP contribution is -2.40. The molecule has 8 heteroatoms. The monoisotopic (exact) mass is 282 g/mol. The van der Waals surface area contributed by atoms with Crippen LogP contribution in [0.25, 0.3) is 0 Å². The van der Waals surface area contributed by atoms with E-state index in [0.717, 1.165) is 19.3 Å². The summed E-state index contributed by atoms with van der Waals surface area (Å²) >= 11 is 0. The molecule has 0 saturated carbocycles. The van der Waals surface area contributed by atoms with Crippen molar-refractivity contribution >= 4 is 17.5 Å². The van der Waals surface area contributed by atoms with Crippen molar-refractivity contribution in [1.82, 2.24) is 9.78 Å². The molecule has 0 bridgehead atoms. The first-order chi connectivity index (χ1) is 9.49. The molecule has 0 aliphatic carbocycles. The highest BCUT2D eigenvalue weighted by molar-refractivity contribution is 5.67. The summed E-state index contributed by atoms with van der Waals surface area (Å²) in [5.41, 5.74) is -0.0188. The standard InChI is InChI=1S/C12H18N4O4/c1-14-8-10(16(19)20)12(13-14)15-7-3-2-4-9(15)5-6-11(17)18/h8-9H,2-7H2,1H3,(H,17,18). The van der Waals surface area contributed by atoms with Gasteiger partial charge in [-0.05, 0) is 25.7 Å². The van der Waals surface area contributed by atoms with E-state index < -0.39 is 10.9 Å². The maximum absolute atomic E-state index is 11.1. The number of carboxylic acid groups (broad SMARTS) is 1. The van der Waals surface area contributed by atoms with Gasteiger partial charge in [0.25, 0.3) is 0 Å². The molecule has 1 N–H and O–H groups in total. The van der Waals surface area contributed by atoms with Crippen molar-refractivity contribution < 1.29 is 14.8 Å². The number of rotatable bonds is 5. The third-order valence-electron chi connectivity index (χ3n) is 3.58. The molecule has 2 heterocycles. The molecule has 0 aromatic carbocycles. The van der Waals surface area contributed by atoms with Crippen molar-refractivity contribution in [3.8, 4) is 0 Å². The van der Waals surface area contributed by atoms with Crippen molar-refractivity contribution in [1.29, 1.82) is 0 Å². The van der Waals surface area contributed by atoms with Crippen LogP contribution in [0.4, 0.5) is 11.5 Å². The second-order valence-electron chi connectivity index (χ2n) is 5.04. The van der Waals surface area contributed by atoms with E-state index in [9.17, 15) is 14.9 Å². The molecule has 1 aromatic heterocycles. The van der Waals surface area contributed by atoms with Crippen LogP contribution in [0, 0.1) is 10.1 Å². The summed E-state index contributed by atoms with van der Waals surface area (Å²) in [5.74, 6) is -0.487. The molecular weight excluding hydrogens is 264 g/mol. The topological polar surface area (TPSA) is 102 Å². The van der Waals surface area contributed by atoms with Crippen LogP contribution in [0.3, 0.4) is 0 Å². The highest BCUT2D eigenvalue weighted by Gasteiger charge is 2.31. The van der Waals surface area contributed by atoms with Gasteiger partial charge in [0.2, 0.25) is 5.82 Å². The van der Waals surface area contributed by atoms with Crippen LogP contribution < -0.4 is 4.90 Å². The largest absolute Gasteiger partial charge is 0.481 e. The summed E-state index contributed by atoms with van der Waals surface area (Å²) < 4.78 is 1.43. The lowest BCUT2D eigenvalue weighted by Gasteiger charge is -2.35. The Morgan fingerprint density at radius 3 is 3.00 bits per heavy atom. The first-order valence-corrected chi connectivity index (χ1v) is 6.65. The second kappa shape index (κ2) is 5.89. The Hall–Kier alpha value is -2.12. The van der Waals surface area contributed by atoms with Crippen LogP contribution in [0.2, 0.25) is 0 Å². The Bertz CT molecular complexity index is 514. The van der Waals surface area contributed by atoms with E-state index in [2.05, 4.69) is 5.10 Å². The predicted molar refractivity (Wildman–Crippen MR) is 71.7 cm³/mol. The Balaban J connectivity index is 2.23. The molecule has 1 aliphatic heterocycles. The fourth-order valence-electron chi connectivity index (χ4n) is 2.67. The van der Waals surface area contributed by atoms with Gasteiger partial charge in [-0.15, -0.1) is 5.10 Å². The van der Waals surface area contributed by atoms with E-state index in [4.69, 9.17) is 5.11 Å². The number of aromatic nitrogens is 2. The van der Waals surface area contributed by atoms with Crippen molar-refractivity contribution in [2.45, 2.75) is 38.1 Å². The van der Waals surface area contributed by atoms with Gasteiger partial charge in [-0.1, -0.05) is 0 Å². The summed E-state index contributed by atoms with van der Waals surface area (Å²) in [6.07, 6.45) is 4.75. The fourth-order valence-corrected chi connectivity index (χ4v) is 2.67. The number of anilines is 1. The zero-order chi connectivity index (χ0) is 14.7. The molecule has 1 atom stereocenters. The van der Waals surface area contributed by atoms with Crippen LogP contribution in [0.15, 0.2) is 6.20 Å². The normalized spacial score (nSPS) is 19.1. The van der Waals surface area contributed by atoms with E-state index >= 15 is 0 Å². The minimum atomic E-state index is -0.842. The molecule has 8 nitrogen and oxygen atoms in total. The predicted octanol–water partition coefficient (Wildman–Crippen LogP) is 1.55. The van der Waals surface area contributed by atoms with Crippen LogP contribution in [-0.2, 0) is 11.8 Å². The molecule has 1 aromatic rings. The van der Waals surface area contributed by atoms with Gasteiger partial charge in [-0.25, -0.2) is 0 Å². The molecule has 0 amide bonds. The first-order valence-electron chi connectivity index (χ1n) is 6.65. The summed E-state index contributed by atoms with van der Waals surface area (Å²) in [5, 5.41) is 24.1. The quantitative estimate of drug-likeness (QED) is 0.649. The molecule has 1 unspecified atom stereocenters. The number of aryl methyl sites for hydroxylation is 1. The van der Waals surface area contributed by atoms with Crippen molar-refractivity contribution in [2.24, 2.45) is 7.05 Å². The van der Waals surface area contributed by atoms with Crippen LogP contribution in [0.5, 0.6) is 0 Å². The molecule has 0 spiro atoms. The van der Waals surface area contributed by atoms with Gasteiger partial charge in [0.05, 0.1) is 4.92 Å². The van der Waals surface area contributed by atoms with Crippen molar-refractivity contribution in [2.75, 3.05) is 11.4 Å². The molecule has 1 saturated heterocycles. The average Bonchev–Trinajstić information content (AvgIpc) is 2.79. The smallest absolute Gasteiger partial charge is 0.330 e. The van der Waals surface area contributed by atoms with Gasteiger partial charge in [0.1, 0.15) is 6.20 Å². The van der Waals surface area contributed by atoms with E-state index in [1.54, 1.807) is 7.05 Å². The van der Waals surface area contributed by atoms with E-state index in [1.807, 2.05) is 4.90 Å². The lowest BCUT2D eigenvalue weighted by molar-refractivity contribution is -0.384. The SMILES string of the molecule is Cn1cc([N+](=O)[O-])c(N2CCCCC2CCC(=O)O)n1. The number of carboxylic acids is 1. The fraction of sp³-hybridized carbons (Fsp3) is 0.667. The first kappa shape index (κ1) is 14.3. The van der Waals surface area contributed by atoms with Crippen LogP contribution >= 0.6 is 0 Å². The van der Waals surface area contributed by atoms with Gasteiger partial charge >= 0.3 is 11.7 Å². The third kappa shape index (κ3) is 3.06.